The van der Waals surface area contributed by atoms with Gasteiger partial charge in [-0.2, -0.15) is 0 Å². The minimum absolute atomic E-state index is 0.0539. The summed E-state index contributed by atoms with van der Waals surface area (Å²) < 4.78 is 2.28. The van der Waals surface area contributed by atoms with Crippen molar-refractivity contribution in [1.82, 2.24) is 20.1 Å². The van der Waals surface area contributed by atoms with E-state index in [4.69, 9.17) is 0 Å². The predicted octanol–water partition coefficient (Wildman–Crippen LogP) is 4.35. The topological polar surface area (TPSA) is 63.1 Å². The van der Waals surface area contributed by atoms with Gasteiger partial charge in [0, 0.05) is 19.1 Å². The lowest BCUT2D eigenvalue weighted by molar-refractivity contribution is -0.121. The van der Waals surface area contributed by atoms with Crippen LogP contribution in [-0.4, -0.2) is 39.0 Å². The first kappa shape index (κ1) is 20.3. The normalized spacial score (nSPS) is 18.6. The maximum absolute atomic E-state index is 13.0. The Hall–Kier alpha value is -2.02. The van der Waals surface area contributed by atoms with Gasteiger partial charge >= 0.3 is 0 Å². The number of benzene rings is 1. The van der Waals surface area contributed by atoms with Crippen LogP contribution in [0.4, 0.5) is 5.95 Å². The zero-order valence-electron chi connectivity index (χ0n) is 17.4. The van der Waals surface area contributed by atoms with Gasteiger partial charge in [-0.1, -0.05) is 55.4 Å². The standard InChI is InChI=1S/C22H31N5OS/c1-3-9-19(17-10-5-4-6-11-17)23-20(28)16(2)29-22-25-24-21(26-14-7-8-15-26)27(22)18-12-13-18/h4-6,10-11,16,18-19H,3,7-9,12-15H2,1-2H3,(H,23,28)/t16-,19+/m0/s1. The van der Waals surface area contributed by atoms with Crippen molar-refractivity contribution in [2.45, 2.75) is 74.9 Å². The summed E-state index contributed by atoms with van der Waals surface area (Å²) in [5.74, 6) is 1.05. The van der Waals surface area contributed by atoms with Gasteiger partial charge in [0.1, 0.15) is 0 Å². The van der Waals surface area contributed by atoms with E-state index >= 15 is 0 Å². The largest absolute Gasteiger partial charge is 0.348 e. The van der Waals surface area contributed by atoms with Gasteiger partial charge in [-0.3, -0.25) is 9.36 Å². The Bertz CT molecular complexity index is 814. The summed E-state index contributed by atoms with van der Waals surface area (Å²) in [6.45, 7) is 6.23. The van der Waals surface area contributed by atoms with Gasteiger partial charge in [-0.05, 0) is 44.6 Å². The molecule has 1 aromatic carbocycles. The predicted molar refractivity (Wildman–Crippen MR) is 117 cm³/mol. The van der Waals surface area contributed by atoms with E-state index in [-0.39, 0.29) is 17.2 Å². The molecular weight excluding hydrogens is 382 g/mol. The molecule has 2 aliphatic rings. The zero-order chi connectivity index (χ0) is 20.2. The molecule has 1 aromatic heterocycles. The Balaban J connectivity index is 1.44. The van der Waals surface area contributed by atoms with E-state index in [1.807, 2.05) is 25.1 Å². The Labute approximate surface area is 177 Å². The number of rotatable bonds is 9. The highest BCUT2D eigenvalue weighted by Gasteiger charge is 2.33. The summed E-state index contributed by atoms with van der Waals surface area (Å²) in [5.41, 5.74) is 1.16. The monoisotopic (exact) mass is 413 g/mol. The van der Waals surface area contributed by atoms with E-state index in [1.165, 1.54) is 37.4 Å². The van der Waals surface area contributed by atoms with Gasteiger partial charge < -0.3 is 10.2 Å². The number of hydrogen-bond donors (Lipinski definition) is 1. The van der Waals surface area contributed by atoms with E-state index in [9.17, 15) is 4.79 Å². The Morgan fingerprint density at radius 1 is 1.21 bits per heavy atom. The van der Waals surface area contributed by atoms with Crippen LogP contribution in [-0.2, 0) is 4.79 Å². The van der Waals surface area contributed by atoms with Crippen molar-refractivity contribution in [3.05, 3.63) is 35.9 Å². The molecule has 0 spiro atoms. The SMILES string of the molecule is CCC[C@@H](NC(=O)[C@H](C)Sc1nnc(N2CCCC2)n1C1CC1)c1ccccc1. The molecule has 0 radical (unpaired) electrons. The molecule has 6 nitrogen and oxygen atoms in total. The molecule has 2 fully saturated rings. The highest BCUT2D eigenvalue weighted by atomic mass is 32.2. The van der Waals surface area contributed by atoms with Crippen LogP contribution in [0.5, 0.6) is 0 Å². The van der Waals surface area contributed by atoms with Crippen LogP contribution >= 0.6 is 11.8 Å². The highest BCUT2D eigenvalue weighted by molar-refractivity contribution is 8.00. The summed E-state index contributed by atoms with van der Waals surface area (Å²) in [4.78, 5) is 15.3. The molecule has 2 aromatic rings. The molecule has 1 amide bonds. The number of nitrogens with one attached hydrogen (secondary N) is 1. The van der Waals surface area contributed by atoms with Crippen LogP contribution in [0.3, 0.4) is 0 Å². The number of amides is 1. The molecule has 1 saturated heterocycles. The first-order valence-electron chi connectivity index (χ1n) is 10.9. The lowest BCUT2D eigenvalue weighted by atomic mass is 10.0. The van der Waals surface area contributed by atoms with E-state index in [0.717, 1.165) is 42.6 Å². The second-order valence-electron chi connectivity index (χ2n) is 8.10. The summed E-state index contributed by atoms with van der Waals surface area (Å²) >= 11 is 1.53. The van der Waals surface area contributed by atoms with Crippen molar-refractivity contribution in [2.75, 3.05) is 18.0 Å². The van der Waals surface area contributed by atoms with Gasteiger partial charge in [0.05, 0.1) is 11.3 Å². The maximum atomic E-state index is 13.0. The van der Waals surface area contributed by atoms with Crippen LogP contribution < -0.4 is 10.2 Å². The quantitative estimate of drug-likeness (QED) is 0.619. The van der Waals surface area contributed by atoms with Crippen LogP contribution in [0.15, 0.2) is 35.5 Å². The Kier molecular flexibility index (Phi) is 6.43. The number of carbonyl (C=O) groups excluding carboxylic acids is 1. The third-order valence-electron chi connectivity index (χ3n) is 5.69. The fourth-order valence-corrected chi connectivity index (χ4v) is 4.86. The third-order valence-corrected chi connectivity index (χ3v) is 6.75. The van der Waals surface area contributed by atoms with Crippen molar-refractivity contribution in [2.24, 2.45) is 0 Å². The lowest BCUT2D eigenvalue weighted by Crippen LogP contribution is -2.34. The van der Waals surface area contributed by atoms with Crippen LogP contribution in [0, 0.1) is 0 Å². The molecule has 156 valence electrons. The first-order valence-corrected chi connectivity index (χ1v) is 11.8. The first-order chi connectivity index (χ1) is 14.2. The number of anilines is 1. The number of nitrogens with zero attached hydrogens (tertiary/aromatic N) is 4. The molecule has 7 heteroatoms. The Morgan fingerprint density at radius 2 is 1.93 bits per heavy atom. The average molecular weight is 414 g/mol. The summed E-state index contributed by atoms with van der Waals surface area (Å²) in [7, 11) is 0. The van der Waals surface area contributed by atoms with E-state index < -0.39 is 0 Å². The summed E-state index contributed by atoms with van der Waals surface area (Å²) in [5, 5.41) is 12.9. The van der Waals surface area contributed by atoms with Crippen molar-refractivity contribution in [3.8, 4) is 0 Å². The molecule has 1 aliphatic heterocycles. The number of aromatic nitrogens is 3. The molecule has 29 heavy (non-hydrogen) atoms. The van der Waals surface area contributed by atoms with Crippen molar-refractivity contribution in [3.63, 3.8) is 0 Å². The summed E-state index contributed by atoms with van der Waals surface area (Å²) in [6, 6.07) is 10.8. The van der Waals surface area contributed by atoms with Gasteiger partial charge in [0.25, 0.3) is 0 Å². The maximum Gasteiger partial charge on any atom is 0.233 e. The fraction of sp³-hybridized carbons (Fsp3) is 0.591. The van der Waals surface area contributed by atoms with Crippen LogP contribution in [0.2, 0.25) is 0 Å². The second kappa shape index (κ2) is 9.20. The molecule has 0 unspecified atom stereocenters. The van der Waals surface area contributed by atoms with Gasteiger partial charge in [0.15, 0.2) is 5.16 Å². The number of hydrogen-bond acceptors (Lipinski definition) is 5. The molecule has 1 saturated carbocycles. The fourth-order valence-electron chi connectivity index (χ4n) is 3.93. The number of thioether (sulfide) groups is 1. The number of carbonyl (C=O) groups is 1. The molecule has 2 atom stereocenters. The molecular formula is C22H31N5OS. The van der Waals surface area contributed by atoms with E-state index in [2.05, 4.69) is 44.0 Å². The molecule has 1 N–H and O–H groups in total. The second-order valence-corrected chi connectivity index (χ2v) is 9.41. The van der Waals surface area contributed by atoms with Crippen LogP contribution in [0.25, 0.3) is 0 Å². The smallest absolute Gasteiger partial charge is 0.233 e. The zero-order valence-corrected chi connectivity index (χ0v) is 18.2. The van der Waals surface area contributed by atoms with Crippen molar-refractivity contribution < 1.29 is 4.79 Å². The van der Waals surface area contributed by atoms with Crippen LogP contribution in [0.1, 0.15) is 70.0 Å². The Morgan fingerprint density at radius 3 is 2.59 bits per heavy atom. The summed E-state index contributed by atoms with van der Waals surface area (Å²) in [6.07, 6.45) is 6.76. The van der Waals surface area contributed by atoms with Gasteiger partial charge in [-0.25, -0.2) is 0 Å². The molecule has 1 aliphatic carbocycles. The van der Waals surface area contributed by atoms with E-state index in [0.29, 0.717) is 6.04 Å². The van der Waals surface area contributed by atoms with Crippen molar-refractivity contribution >= 4 is 23.6 Å². The minimum atomic E-state index is -0.216. The van der Waals surface area contributed by atoms with Gasteiger partial charge in [0.2, 0.25) is 11.9 Å². The van der Waals surface area contributed by atoms with Gasteiger partial charge in [-0.15, -0.1) is 10.2 Å². The van der Waals surface area contributed by atoms with Crippen molar-refractivity contribution in [1.29, 1.82) is 0 Å². The lowest BCUT2D eigenvalue weighted by Gasteiger charge is -2.21. The molecule has 4 rings (SSSR count). The molecule has 0 bridgehead atoms. The molecule has 2 heterocycles. The minimum Gasteiger partial charge on any atom is -0.348 e. The van der Waals surface area contributed by atoms with E-state index in [1.54, 1.807) is 0 Å². The third kappa shape index (κ3) is 4.77. The highest BCUT2D eigenvalue weighted by Crippen LogP contribution is 2.42. The average Bonchev–Trinajstić information content (AvgIpc) is 3.25.